The molecule has 1 aliphatic rings. The van der Waals surface area contributed by atoms with E-state index in [0.717, 1.165) is 30.8 Å². The van der Waals surface area contributed by atoms with Crippen molar-refractivity contribution in [3.05, 3.63) is 58.6 Å². The zero-order valence-electron chi connectivity index (χ0n) is 17.3. The van der Waals surface area contributed by atoms with Gasteiger partial charge in [0.2, 0.25) is 5.52 Å². The number of hydrogen-bond donors (Lipinski definition) is 3. The van der Waals surface area contributed by atoms with Gasteiger partial charge in [-0.05, 0) is 30.3 Å². The van der Waals surface area contributed by atoms with E-state index in [1.807, 2.05) is 52.0 Å². The van der Waals surface area contributed by atoms with Gasteiger partial charge in [0.1, 0.15) is 36.1 Å². The Morgan fingerprint density at radius 1 is 1.12 bits per heavy atom. The van der Waals surface area contributed by atoms with Gasteiger partial charge in [-0.15, -0.1) is 0 Å². The van der Waals surface area contributed by atoms with Crippen LogP contribution in [-0.2, 0) is 6.54 Å². The number of thiazole rings is 1. The van der Waals surface area contributed by atoms with E-state index in [0.29, 0.717) is 18.8 Å². The molecular formula is C23H24FN2O4S2+. The number of aliphatic hydroxyl groups is 2. The third-order valence-corrected chi connectivity index (χ3v) is 7.15. The highest BCUT2D eigenvalue weighted by Crippen LogP contribution is 2.47. The average molecular weight is 475 g/mol. The molecule has 1 aromatic heterocycles. The van der Waals surface area contributed by atoms with Gasteiger partial charge in [0.05, 0.1) is 23.4 Å². The molecule has 9 heteroatoms. The molecule has 0 bridgehead atoms. The normalized spacial score (nSPS) is 14.7. The minimum atomic E-state index is -0.546. The van der Waals surface area contributed by atoms with Crippen LogP contribution in [0.5, 0.6) is 11.5 Å². The number of hydrogen-bond acceptors (Lipinski definition) is 7. The maximum Gasteiger partial charge on any atom is 0.262 e. The molecule has 0 fully saturated rings. The summed E-state index contributed by atoms with van der Waals surface area (Å²) in [5.41, 5.74) is 1.80. The van der Waals surface area contributed by atoms with Crippen LogP contribution in [-0.4, -0.2) is 48.4 Å². The van der Waals surface area contributed by atoms with Gasteiger partial charge in [-0.1, -0.05) is 29.2 Å². The van der Waals surface area contributed by atoms with E-state index in [2.05, 4.69) is 0 Å². The summed E-state index contributed by atoms with van der Waals surface area (Å²) in [5, 5.41) is 30.8. The number of alkyl halides is 1. The Morgan fingerprint density at radius 2 is 2.00 bits per heavy atom. The van der Waals surface area contributed by atoms with Gasteiger partial charge in [-0.3, -0.25) is 0 Å². The summed E-state index contributed by atoms with van der Waals surface area (Å²) in [6, 6.07) is 10.9. The summed E-state index contributed by atoms with van der Waals surface area (Å²) >= 11 is 3.17. The van der Waals surface area contributed by atoms with Crippen molar-refractivity contribution in [2.75, 3.05) is 37.9 Å². The number of aromatic hydroxyl groups is 1. The third-order valence-electron chi connectivity index (χ3n) is 4.89. The van der Waals surface area contributed by atoms with Crippen LogP contribution in [0, 0.1) is 0 Å². The van der Waals surface area contributed by atoms with E-state index in [1.54, 1.807) is 35.2 Å². The fourth-order valence-electron chi connectivity index (χ4n) is 3.54. The average Bonchev–Trinajstić information content (AvgIpc) is 3.30. The smallest absolute Gasteiger partial charge is 0.262 e. The molecule has 0 spiro atoms. The maximum absolute atomic E-state index is 12.4. The third kappa shape index (κ3) is 4.75. The van der Waals surface area contributed by atoms with Crippen LogP contribution >= 0.6 is 23.1 Å². The molecule has 0 amide bonds. The Bertz CT molecular complexity index is 1160. The zero-order chi connectivity index (χ0) is 22.5. The second-order valence-corrected chi connectivity index (χ2v) is 9.10. The molecule has 3 N–H and O–H groups in total. The van der Waals surface area contributed by atoms with Crippen LogP contribution in [0.25, 0.3) is 16.3 Å². The quantitative estimate of drug-likeness (QED) is 0.411. The van der Waals surface area contributed by atoms with Crippen LogP contribution in [0.2, 0.25) is 0 Å². The molecule has 0 radical (unpaired) electrons. The van der Waals surface area contributed by atoms with E-state index < -0.39 is 6.67 Å². The lowest BCUT2D eigenvalue weighted by Crippen LogP contribution is -2.36. The number of halogens is 1. The first-order valence-electron chi connectivity index (χ1n) is 10.2. The molecular weight excluding hydrogens is 450 g/mol. The SMILES string of the molecule is OCCN1/C(=C/C=C/c2sc3ccc(OCC[18F])cc3[n+]2CCO)Sc2ccc(O)cc21. The number of phenolic OH excluding ortho intramolecular Hbond substituents is 1. The largest absolute Gasteiger partial charge is 0.508 e. The van der Waals surface area contributed by atoms with E-state index in [-0.39, 0.29) is 25.6 Å². The first-order valence-corrected chi connectivity index (χ1v) is 11.8. The lowest BCUT2D eigenvalue weighted by molar-refractivity contribution is -0.670. The van der Waals surface area contributed by atoms with Gasteiger partial charge in [0, 0.05) is 23.6 Å². The van der Waals surface area contributed by atoms with Gasteiger partial charge < -0.3 is 25.0 Å². The molecule has 0 aliphatic carbocycles. The van der Waals surface area contributed by atoms with Gasteiger partial charge in [0.15, 0.2) is 6.54 Å². The van der Waals surface area contributed by atoms with Crippen LogP contribution in [0.3, 0.4) is 0 Å². The molecule has 3 aromatic rings. The number of rotatable bonds is 9. The second-order valence-electron chi connectivity index (χ2n) is 6.98. The fraction of sp³-hybridized carbons (Fsp3) is 0.261. The van der Waals surface area contributed by atoms with E-state index in [9.17, 15) is 19.7 Å². The number of ether oxygens (including phenoxy) is 1. The van der Waals surface area contributed by atoms with Gasteiger partial charge >= 0.3 is 0 Å². The number of aromatic nitrogens is 1. The predicted octanol–water partition coefficient (Wildman–Crippen LogP) is 3.69. The second kappa shape index (κ2) is 10.4. The van der Waals surface area contributed by atoms with Crippen molar-refractivity contribution in [3.8, 4) is 11.5 Å². The minimum absolute atomic E-state index is 0.00364. The minimum Gasteiger partial charge on any atom is -0.508 e. The molecule has 0 saturated heterocycles. The number of anilines is 1. The molecule has 0 unspecified atom stereocenters. The van der Waals surface area contributed by atoms with Crippen molar-refractivity contribution in [3.63, 3.8) is 0 Å². The summed E-state index contributed by atoms with van der Waals surface area (Å²) in [7, 11) is 0. The maximum atomic E-state index is 12.4. The van der Waals surface area contributed by atoms with Gasteiger partial charge in [0.25, 0.3) is 5.01 Å². The summed E-state index contributed by atoms with van der Waals surface area (Å²) in [4.78, 5) is 3.00. The molecule has 2 aromatic carbocycles. The summed E-state index contributed by atoms with van der Waals surface area (Å²) in [6.07, 6.45) is 5.89. The number of thioether (sulfide) groups is 1. The molecule has 0 atom stereocenters. The van der Waals surface area contributed by atoms with E-state index in [4.69, 9.17) is 4.74 Å². The lowest BCUT2D eigenvalue weighted by Gasteiger charge is -2.18. The molecule has 0 saturated carbocycles. The highest BCUT2D eigenvalue weighted by molar-refractivity contribution is 8.03. The Labute approximate surface area is 193 Å². The summed E-state index contributed by atoms with van der Waals surface area (Å²) in [6.45, 7) is 0.314. The number of aliphatic hydroxyl groups excluding tert-OH is 2. The Morgan fingerprint density at radius 3 is 2.78 bits per heavy atom. The van der Waals surface area contributed by atoms with E-state index in [1.165, 1.54) is 0 Å². The van der Waals surface area contributed by atoms with E-state index >= 15 is 0 Å². The number of benzene rings is 2. The first kappa shape index (κ1) is 22.6. The highest BCUT2D eigenvalue weighted by atomic mass is 32.2. The van der Waals surface area contributed by atoms with Gasteiger partial charge in [-0.25, -0.2) is 4.39 Å². The van der Waals surface area contributed by atoms with Gasteiger partial charge in [-0.2, -0.15) is 4.57 Å². The van der Waals surface area contributed by atoms with Crippen LogP contribution < -0.4 is 14.2 Å². The number of phenols is 1. The molecule has 168 valence electrons. The van der Waals surface area contributed by atoms with Crippen molar-refractivity contribution in [1.29, 1.82) is 0 Å². The van der Waals surface area contributed by atoms with Crippen LogP contribution in [0.15, 0.2) is 58.5 Å². The topological polar surface area (TPSA) is 77.0 Å². The molecule has 32 heavy (non-hydrogen) atoms. The standard InChI is InChI=1S/C23H23FN2O4S2/c24-8-13-30-17-5-7-21-19(15-17)26(10-12-28)23(32-21)3-1-2-22-25(9-11-27)18-14-16(29)4-6-20(18)31-22/h1-7,14-15,27-28H,8-13H2/p+1/i24-1. The van der Waals surface area contributed by atoms with Crippen molar-refractivity contribution in [1.82, 2.24) is 0 Å². The lowest BCUT2D eigenvalue weighted by atomic mass is 10.2. The van der Waals surface area contributed by atoms with Crippen molar-refractivity contribution in [2.45, 2.75) is 11.4 Å². The Kier molecular flexibility index (Phi) is 7.31. The van der Waals surface area contributed by atoms with Crippen molar-refractivity contribution >= 4 is 45.1 Å². The molecule has 1 aliphatic heterocycles. The van der Waals surface area contributed by atoms with Crippen LogP contribution in [0.1, 0.15) is 5.01 Å². The summed E-state index contributed by atoms with van der Waals surface area (Å²) < 4.78 is 20.9. The number of allylic oxidation sites excluding steroid dienone is 2. The Hall–Kier alpha value is -2.59. The Balaban J connectivity index is 1.63. The number of β-amino-alcohol motifs (C(OH)–C–C–N with tert-alkyl or cyclic N) is 1. The molecule has 6 nitrogen and oxygen atoms in total. The monoisotopic (exact) mass is 474 g/mol. The molecule has 2 heterocycles. The molecule has 4 rings (SSSR count). The van der Waals surface area contributed by atoms with Crippen molar-refractivity contribution < 1.29 is 29.0 Å². The van der Waals surface area contributed by atoms with Crippen molar-refractivity contribution in [2.24, 2.45) is 0 Å². The predicted molar refractivity (Wildman–Crippen MR) is 126 cm³/mol. The number of nitrogens with zero attached hydrogens (tertiary/aromatic N) is 2. The zero-order valence-corrected chi connectivity index (χ0v) is 18.9. The fourth-order valence-corrected chi connectivity index (χ4v) is 5.70. The van der Waals surface area contributed by atoms with Crippen LogP contribution in [0.4, 0.5) is 10.1 Å². The number of fused-ring (bicyclic) bond motifs is 2. The first-order chi connectivity index (χ1) is 15.6. The highest BCUT2D eigenvalue weighted by Gasteiger charge is 2.25. The summed E-state index contributed by atoms with van der Waals surface area (Å²) in [5.74, 6) is 0.787.